The summed E-state index contributed by atoms with van der Waals surface area (Å²) in [5.41, 5.74) is 0.0326. The van der Waals surface area contributed by atoms with Crippen molar-refractivity contribution in [2.24, 2.45) is 0 Å². The average Bonchev–Trinajstić information content (AvgIpc) is 2.06. The maximum atomic E-state index is 10.8. The van der Waals surface area contributed by atoms with Crippen molar-refractivity contribution in [3.05, 3.63) is 23.8 Å². The number of rotatable bonds is 2. The first-order valence-electron chi connectivity index (χ1n) is 3.64. The van der Waals surface area contributed by atoms with E-state index in [9.17, 15) is 13.5 Å². The number of nitriles is 1. The Morgan fingerprint density at radius 2 is 2.14 bits per heavy atom. The molecule has 5 nitrogen and oxygen atoms in total. The minimum absolute atomic E-state index is 0.00606. The number of hydrogen-bond donors (Lipinski definition) is 2. The van der Waals surface area contributed by atoms with Gasteiger partial charge in [-0.1, -0.05) is 6.07 Å². The topological polar surface area (TPSA) is 90.2 Å². The van der Waals surface area contributed by atoms with Crippen LogP contribution in [0.5, 0.6) is 5.75 Å². The van der Waals surface area contributed by atoms with E-state index in [-0.39, 0.29) is 17.0 Å². The van der Waals surface area contributed by atoms with Crippen LogP contribution >= 0.6 is 0 Å². The van der Waals surface area contributed by atoms with Crippen LogP contribution in [-0.2, 0) is 10.0 Å². The lowest BCUT2D eigenvalue weighted by atomic mass is 10.2. The van der Waals surface area contributed by atoms with Crippen LogP contribution in [0.2, 0.25) is 0 Å². The molecule has 0 aliphatic heterocycles. The van der Waals surface area contributed by atoms with Gasteiger partial charge in [0.15, 0.2) is 5.75 Å². The molecule has 2 N–H and O–H groups in total. The molecule has 0 spiro atoms. The molecule has 14 heavy (non-hydrogen) atoms. The van der Waals surface area contributed by atoms with Gasteiger partial charge in [0.1, 0.15) is 6.07 Å². The molecule has 0 aliphatic carbocycles. The summed E-state index contributed by atoms with van der Waals surface area (Å²) in [4.78, 5) is 0. The lowest BCUT2D eigenvalue weighted by Gasteiger charge is -2.06. The summed E-state index contributed by atoms with van der Waals surface area (Å²) >= 11 is 0. The van der Waals surface area contributed by atoms with E-state index in [2.05, 4.69) is 4.72 Å². The van der Waals surface area contributed by atoms with Crippen molar-refractivity contribution in [1.29, 1.82) is 5.26 Å². The van der Waals surface area contributed by atoms with Crippen molar-refractivity contribution in [3.8, 4) is 11.8 Å². The average molecular weight is 212 g/mol. The lowest BCUT2D eigenvalue weighted by Crippen LogP contribution is -2.09. The molecule has 6 heteroatoms. The number of benzene rings is 1. The molecule has 0 bridgehead atoms. The summed E-state index contributed by atoms with van der Waals surface area (Å²) in [5.74, 6) is -0.361. The lowest BCUT2D eigenvalue weighted by molar-refractivity contribution is 0.476. The van der Waals surface area contributed by atoms with Crippen molar-refractivity contribution in [3.63, 3.8) is 0 Å². The van der Waals surface area contributed by atoms with Gasteiger partial charge in [-0.3, -0.25) is 4.72 Å². The third-order valence-corrected chi connectivity index (χ3v) is 2.04. The number of hydrogen-bond acceptors (Lipinski definition) is 4. The summed E-state index contributed by atoms with van der Waals surface area (Å²) < 4.78 is 23.8. The first-order chi connectivity index (χ1) is 6.44. The number of nitrogens with zero attached hydrogens (tertiary/aromatic N) is 1. The number of anilines is 1. The SMILES string of the molecule is CS(=O)(=O)Nc1cccc(C#N)c1O. The highest BCUT2D eigenvalue weighted by Crippen LogP contribution is 2.27. The Kier molecular flexibility index (Phi) is 2.63. The molecule has 1 rings (SSSR count). The van der Waals surface area contributed by atoms with Crippen LogP contribution in [0.1, 0.15) is 5.56 Å². The molecule has 0 saturated heterocycles. The van der Waals surface area contributed by atoms with E-state index in [1.54, 1.807) is 6.07 Å². The predicted octanol–water partition coefficient (Wildman–Crippen LogP) is 0.635. The van der Waals surface area contributed by atoms with Gasteiger partial charge in [-0.05, 0) is 12.1 Å². The molecule has 0 unspecified atom stereocenters. The molecular weight excluding hydrogens is 204 g/mol. The molecule has 0 aromatic heterocycles. The number of nitrogens with one attached hydrogen (secondary N) is 1. The van der Waals surface area contributed by atoms with E-state index < -0.39 is 10.0 Å². The van der Waals surface area contributed by atoms with Crippen LogP contribution in [0.15, 0.2) is 18.2 Å². The second-order valence-electron chi connectivity index (χ2n) is 2.69. The van der Waals surface area contributed by atoms with Crippen molar-refractivity contribution >= 4 is 15.7 Å². The summed E-state index contributed by atoms with van der Waals surface area (Å²) in [6, 6.07) is 5.98. The molecule has 0 amide bonds. The normalized spacial score (nSPS) is 10.6. The number of para-hydroxylation sites is 1. The molecule has 0 aliphatic rings. The van der Waals surface area contributed by atoms with Gasteiger partial charge < -0.3 is 5.11 Å². The van der Waals surface area contributed by atoms with Crippen LogP contribution in [0.25, 0.3) is 0 Å². The maximum absolute atomic E-state index is 10.8. The summed E-state index contributed by atoms with van der Waals surface area (Å²) in [6.07, 6.45) is 0.964. The largest absolute Gasteiger partial charge is 0.504 e. The molecule has 1 aromatic rings. The van der Waals surface area contributed by atoms with Gasteiger partial charge in [-0.25, -0.2) is 8.42 Å². The Morgan fingerprint density at radius 1 is 1.50 bits per heavy atom. The maximum Gasteiger partial charge on any atom is 0.229 e. The number of sulfonamides is 1. The first-order valence-corrected chi connectivity index (χ1v) is 5.53. The standard InChI is InChI=1S/C8H8N2O3S/c1-14(12,13)10-7-4-2-3-6(5-9)8(7)11/h2-4,10-11H,1H3. The van der Waals surface area contributed by atoms with E-state index >= 15 is 0 Å². The fourth-order valence-electron chi connectivity index (χ4n) is 0.916. The summed E-state index contributed by atoms with van der Waals surface area (Å²) in [5, 5.41) is 18.0. The van der Waals surface area contributed by atoms with Gasteiger partial charge in [0.2, 0.25) is 10.0 Å². The second-order valence-corrected chi connectivity index (χ2v) is 4.44. The third kappa shape index (κ3) is 2.37. The van der Waals surface area contributed by atoms with E-state index in [0.717, 1.165) is 6.26 Å². The predicted molar refractivity (Wildman–Crippen MR) is 51.3 cm³/mol. The summed E-state index contributed by atoms with van der Waals surface area (Å²) in [6.45, 7) is 0. The zero-order valence-electron chi connectivity index (χ0n) is 7.35. The Labute approximate surface area is 81.7 Å². The quantitative estimate of drug-likeness (QED) is 0.704. The summed E-state index contributed by atoms with van der Waals surface area (Å²) in [7, 11) is -3.44. The van der Waals surface area contributed by atoms with Crippen molar-refractivity contribution in [2.45, 2.75) is 0 Å². The van der Waals surface area contributed by atoms with E-state index in [1.165, 1.54) is 18.2 Å². The van der Waals surface area contributed by atoms with Gasteiger partial charge in [0.05, 0.1) is 17.5 Å². The third-order valence-electron chi connectivity index (χ3n) is 1.45. The van der Waals surface area contributed by atoms with E-state index in [1.807, 2.05) is 0 Å². The van der Waals surface area contributed by atoms with Gasteiger partial charge in [0.25, 0.3) is 0 Å². The highest BCUT2D eigenvalue weighted by molar-refractivity contribution is 7.92. The monoisotopic (exact) mass is 212 g/mol. The smallest absolute Gasteiger partial charge is 0.229 e. The molecule has 0 radical (unpaired) electrons. The Bertz CT molecular complexity index is 488. The molecule has 74 valence electrons. The molecule has 0 saturated carbocycles. The van der Waals surface area contributed by atoms with Crippen LogP contribution in [0.3, 0.4) is 0 Å². The Hall–Kier alpha value is -1.74. The molecule has 0 atom stereocenters. The van der Waals surface area contributed by atoms with Gasteiger partial charge in [0, 0.05) is 0 Å². The first kappa shape index (κ1) is 10.3. The van der Waals surface area contributed by atoms with E-state index in [0.29, 0.717) is 0 Å². The fraction of sp³-hybridized carbons (Fsp3) is 0.125. The van der Waals surface area contributed by atoms with Crippen LogP contribution in [0, 0.1) is 11.3 Å². The van der Waals surface area contributed by atoms with Crippen molar-refractivity contribution in [1.82, 2.24) is 0 Å². The second kappa shape index (κ2) is 3.55. The molecule has 1 aromatic carbocycles. The highest BCUT2D eigenvalue weighted by atomic mass is 32.2. The number of phenolic OH excluding ortho intramolecular Hbond substituents is 1. The zero-order chi connectivity index (χ0) is 10.8. The minimum atomic E-state index is -3.44. The van der Waals surface area contributed by atoms with Crippen LogP contribution in [0.4, 0.5) is 5.69 Å². The fourth-order valence-corrected chi connectivity index (χ4v) is 1.48. The minimum Gasteiger partial charge on any atom is -0.504 e. The van der Waals surface area contributed by atoms with Gasteiger partial charge in [-0.2, -0.15) is 5.26 Å². The van der Waals surface area contributed by atoms with Crippen LogP contribution < -0.4 is 4.72 Å². The highest BCUT2D eigenvalue weighted by Gasteiger charge is 2.09. The Morgan fingerprint density at radius 3 is 2.64 bits per heavy atom. The molecular formula is C8H8N2O3S. The Balaban J connectivity index is 3.19. The molecule has 0 heterocycles. The van der Waals surface area contributed by atoms with Crippen LogP contribution in [-0.4, -0.2) is 19.8 Å². The zero-order valence-corrected chi connectivity index (χ0v) is 8.17. The van der Waals surface area contributed by atoms with Crippen molar-refractivity contribution < 1.29 is 13.5 Å². The van der Waals surface area contributed by atoms with Gasteiger partial charge >= 0.3 is 0 Å². The van der Waals surface area contributed by atoms with Gasteiger partial charge in [-0.15, -0.1) is 0 Å². The van der Waals surface area contributed by atoms with E-state index in [4.69, 9.17) is 5.26 Å². The molecule has 0 fully saturated rings. The number of aromatic hydroxyl groups is 1. The van der Waals surface area contributed by atoms with Crippen molar-refractivity contribution in [2.75, 3.05) is 11.0 Å². The number of phenols is 1.